The van der Waals surface area contributed by atoms with Crippen molar-refractivity contribution in [3.05, 3.63) is 65.5 Å². The van der Waals surface area contributed by atoms with Crippen LogP contribution in [0.5, 0.6) is 11.5 Å². The minimum absolute atomic E-state index is 0.00679. The summed E-state index contributed by atoms with van der Waals surface area (Å²) < 4.78 is 44.4. The van der Waals surface area contributed by atoms with E-state index in [1.54, 1.807) is 0 Å². The Labute approximate surface area is 117 Å². The van der Waals surface area contributed by atoms with Gasteiger partial charge in [0.15, 0.2) is 11.6 Å². The monoisotopic (exact) mass is 294 g/mol. The smallest absolute Gasteiger partial charge is 0.328 e. The first-order valence-corrected chi connectivity index (χ1v) is 5.78. The van der Waals surface area contributed by atoms with Crippen LogP contribution in [-0.2, 0) is 4.79 Å². The molecule has 0 heterocycles. The zero-order valence-electron chi connectivity index (χ0n) is 10.5. The lowest BCUT2D eigenvalue weighted by Crippen LogP contribution is -1.90. The zero-order chi connectivity index (χ0) is 15.4. The zero-order valence-corrected chi connectivity index (χ0v) is 10.5. The maximum Gasteiger partial charge on any atom is 0.328 e. The minimum Gasteiger partial charge on any atom is -0.478 e. The van der Waals surface area contributed by atoms with Gasteiger partial charge in [0.05, 0.1) is 0 Å². The van der Waals surface area contributed by atoms with Gasteiger partial charge in [-0.3, -0.25) is 0 Å². The van der Waals surface area contributed by atoms with E-state index < -0.39 is 23.4 Å². The van der Waals surface area contributed by atoms with Crippen LogP contribution in [0.3, 0.4) is 0 Å². The summed E-state index contributed by atoms with van der Waals surface area (Å²) >= 11 is 0. The molecule has 0 aliphatic carbocycles. The SMILES string of the molecule is O=C(O)/C=C/c1cc(F)cc(Oc2ccc(F)c(F)c2)c1. The molecule has 0 aliphatic heterocycles. The van der Waals surface area contributed by atoms with Crippen LogP contribution in [-0.4, -0.2) is 11.1 Å². The summed E-state index contributed by atoms with van der Waals surface area (Å²) in [5.74, 6) is -3.91. The van der Waals surface area contributed by atoms with E-state index in [0.717, 1.165) is 30.3 Å². The molecule has 108 valence electrons. The van der Waals surface area contributed by atoms with Crippen LogP contribution in [0.2, 0.25) is 0 Å². The third kappa shape index (κ3) is 4.10. The molecule has 0 fully saturated rings. The molecule has 0 saturated carbocycles. The van der Waals surface area contributed by atoms with Crippen molar-refractivity contribution in [3.63, 3.8) is 0 Å². The average Bonchev–Trinajstić information content (AvgIpc) is 2.40. The summed E-state index contributed by atoms with van der Waals surface area (Å²) in [5, 5.41) is 8.52. The van der Waals surface area contributed by atoms with E-state index in [2.05, 4.69) is 0 Å². The highest BCUT2D eigenvalue weighted by molar-refractivity contribution is 5.85. The summed E-state index contributed by atoms with van der Waals surface area (Å²) in [6.07, 6.45) is 2.03. The van der Waals surface area contributed by atoms with E-state index >= 15 is 0 Å². The molecule has 21 heavy (non-hydrogen) atoms. The first kappa shape index (κ1) is 14.6. The van der Waals surface area contributed by atoms with Gasteiger partial charge >= 0.3 is 5.97 Å². The van der Waals surface area contributed by atoms with Gasteiger partial charge in [-0.05, 0) is 35.9 Å². The van der Waals surface area contributed by atoms with Crippen molar-refractivity contribution < 1.29 is 27.8 Å². The average molecular weight is 294 g/mol. The number of carbonyl (C=O) groups is 1. The summed E-state index contributed by atoms with van der Waals surface area (Å²) in [5.41, 5.74) is 0.259. The number of ether oxygens (including phenoxy) is 1. The van der Waals surface area contributed by atoms with E-state index in [0.29, 0.717) is 0 Å². The van der Waals surface area contributed by atoms with Crippen LogP contribution in [0, 0.1) is 17.5 Å². The van der Waals surface area contributed by atoms with Crippen molar-refractivity contribution in [1.82, 2.24) is 0 Å². The Hall–Kier alpha value is -2.76. The highest BCUT2D eigenvalue weighted by Crippen LogP contribution is 2.25. The lowest BCUT2D eigenvalue weighted by molar-refractivity contribution is -0.131. The van der Waals surface area contributed by atoms with Crippen LogP contribution < -0.4 is 4.74 Å². The highest BCUT2D eigenvalue weighted by Gasteiger charge is 2.06. The van der Waals surface area contributed by atoms with Gasteiger partial charge in [0.25, 0.3) is 0 Å². The molecule has 0 unspecified atom stereocenters. The fourth-order valence-corrected chi connectivity index (χ4v) is 1.58. The Morgan fingerprint density at radius 1 is 1.00 bits per heavy atom. The van der Waals surface area contributed by atoms with Gasteiger partial charge < -0.3 is 9.84 Å². The third-order valence-electron chi connectivity index (χ3n) is 2.44. The van der Waals surface area contributed by atoms with Crippen LogP contribution in [0.15, 0.2) is 42.5 Å². The summed E-state index contributed by atoms with van der Waals surface area (Å²) in [6.45, 7) is 0. The lowest BCUT2D eigenvalue weighted by atomic mass is 10.2. The Kier molecular flexibility index (Phi) is 4.27. The standard InChI is InChI=1S/C15H9F3O3/c16-10-5-9(1-4-15(19)20)6-12(7-10)21-11-2-3-13(17)14(18)8-11/h1-8H,(H,19,20)/b4-1+. The number of carboxylic acid groups (broad SMARTS) is 1. The Morgan fingerprint density at radius 2 is 1.76 bits per heavy atom. The number of aliphatic carboxylic acids is 1. The molecule has 0 radical (unpaired) electrons. The van der Waals surface area contributed by atoms with E-state index in [1.165, 1.54) is 18.2 Å². The quantitative estimate of drug-likeness (QED) is 0.867. The number of hydrogen-bond donors (Lipinski definition) is 1. The molecule has 3 nitrogen and oxygen atoms in total. The summed E-state index contributed by atoms with van der Waals surface area (Å²) in [7, 11) is 0. The Morgan fingerprint density at radius 3 is 2.43 bits per heavy atom. The molecule has 1 N–H and O–H groups in total. The van der Waals surface area contributed by atoms with Gasteiger partial charge in [0.2, 0.25) is 0 Å². The lowest BCUT2D eigenvalue weighted by Gasteiger charge is -2.07. The topological polar surface area (TPSA) is 46.5 Å². The van der Waals surface area contributed by atoms with E-state index in [1.807, 2.05) is 0 Å². The van der Waals surface area contributed by atoms with Gasteiger partial charge in [-0.25, -0.2) is 18.0 Å². The second kappa shape index (κ2) is 6.13. The molecule has 0 spiro atoms. The fourth-order valence-electron chi connectivity index (χ4n) is 1.58. The van der Waals surface area contributed by atoms with Crippen LogP contribution >= 0.6 is 0 Å². The molecular formula is C15H9F3O3. The molecule has 0 aromatic heterocycles. The second-order valence-electron chi connectivity index (χ2n) is 4.07. The molecule has 0 saturated heterocycles. The van der Waals surface area contributed by atoms with Gasteiger partial charge in [-0.1, -0.05) is 0 Å². The third-order valence-corrected chi connectivity index (χ3v) is 2.44. The van der Waals surface area contributed by atoms with Crippen LogP contribution in [0.1, 0.15) is 5.56 Å². The molecule has 0 amide bonds. The van der Waals surface area contributed by atoms with E-state index in [-0.39, 0.29) is 17.1 Å². The van der Waals surface area contributed by atoms with Crippen molar-refractivity contribution in [3.8, 4) is 11.5 Å². The molecule has 2 rings (SSSR count). The molecule has 0 bridgehead atoms. The minimum atomic E-state index is -1.18. The normalized spacial score (nSPS) is 10.8. The van der Waals surface area contributed by atoms with Gasteiger partial charge in [0, 0.05) is 18.2 Å². The number of benzene rings is 2. The maximum atomic E-state index is 13.4. The Balaban J connectivity index is 2.27. The van der Waals surface area contributed by atoms with Gasteiger partial charge in [-0.15, -0.1) is 0 Å². The molecular weight excluding hydrogens is 285 g/mol. The fraction of sp³-hybridized carbons (Fsp3) is 0. The van der Waals surface area contributed by atoms with E-state index in [4.69, 9.17) is 9.84 Å². The molecule has 0 atom stereocenters. The highest BCUT2D eigenvalue weighted by atomic mass is 19.2. The predicted molar refractivity (Wildman–Crippen MR) is 69.5 cm³/mol. The number of halogens is 3. The molecule has 0 aliphatic rings. The summed E-state index contributed by atoms with van der Waals surface area (Å²) in [6, 6.07) is 6.42. The van der Waals surface area contributed by atoms with Crippen molar-refractivity contribution in [2.24, 2.45) is 0 Å². The first-order chi connectivity index (χ1) is 9.94. The second-order valence-corrected chi connectivity index (χ2v) is 4.07. The van der Waals surface area contributed by atoms with Crippen molar-refractivity contribution in [2.75, 3.05) is 0 Å². The van der Waals surface area contributed by atoms with Crippen LogP contribution in [0.4, 0.5) is 13.2 Å². The van der Waals surface area contributed by atoms with E-state index in [9.17, 15) is 18.0 Å². The predicted octanol–water partition coefficient (Wildman–Crippen LogP) is 3.99. The van der Waals surface area contributed by atoms with Crippen LogP contribution in [0.25, 0.3) is 6.08 Å². The molecule has 2 aromatic rings. The van der Waals surface area contributed by atoms with Crippen molar-refractivity contribution in [2.45, 2.75) is 0 Å². The molecule has 6 heteroatoms. The largest absolute Gasteiger partial charge is 0.478 e. The molecule has 2 aromatic carbocycles. The van der Waals surface area contributed by atoms with Gasteiger partial charge in [-0.2, -0.15) is 0 Å². The Bertz CT molecular complexity index is 711. The first-order valence-electron chi connectivity index (χ1n) is 5.78. The van der Waals surface area contributed by atoms with Crippen molar-refractivity contribution >= 4 is 12.0 Å². The number of rotatable bonds is 4. The summed E-state index contributed by atoms with van der Waals surface area (Å²) in [4.78, 5) is 10.4. The maximum absolute atomic E-state index is 13.4. The van der Waals surface area contributed by atoms with Gasteiger partial charge in [0.1, 0.15) is 17.3 Å². The number of carboxylic acids is 1. The number of hydrogen-bond acceptors (Lipinski definition) is 2. The van der Waals surface area contributed by atoms with Crippen molar-refractivity contribution in [1.29, 1.82) is 0 Å².